The fourth-order valence-electron chi connectivity index (χ4n) is 4.23. The maximum absolute atomic E-state index is 2.36. The van der Waals surface area contributed by atoms with E-state index in [2.05, 4.69) is 110 Å². The highest BCUT2D eigenvalue weighted by atomic mass is 15.1. The van der Waals surface area contributed by atoms with Gasteiger partial charge in [0.25, 0.3) is 0 Å². The van der Waals surface area contributed by atoms with Gasteiger partial charge < -0.3 is 4.90 Å². The highest BCUT2D eigenvalue weighted by Crippen LogP contribution is 2.42. The summed E-state index contributed by atoms with van der Waals surface area (Å²) < 4.78 is 0. The van der Waals surface area contributed by atoms with Crippen LogP contribution in [0.5, 0.6) is 0 Å². The van der Waals surface area contributed by atoms with Gasteiger partial charge >= 0.3 is 0 Å². The summed E-state index contributed by atoms with van der Waals surface area (Å²) in [5, 5.41) is 0. The molecule has 0 amide bonds. The van der Waals surface area contributed by atoms with Crippen LogP contribution in [0.3, 0.4) is 0 Å². The van der Waals surface area contributed by atoms with Gasteiger partial charge in [0.05, 0.1) is 0 Å². The molecule has 0 radical (unpaired) electrons. The van der Waals surface area contributed by atoms with Crippen molar-refractivity contribution in [2.24, 2.45) is 0 Å². The predicted octanol–water partition coefficient (Wildman–Crippen LogP) is 7.34. The standard InChI is InChI=1S/C27H23N/c1-19-11-13-23(14-12-19)28(22-8-4-3-5-9-22)24-15-16-25-21(17-24)18-27-20(2)7-6-10-26(25)27/h3-17H,18H2,1-2H3. The molecule has 0 atom stereocenters. The van der Waals surface area contributed by atoms with E-state index < -0.39 is 0 Å². The molecular formula is C27H23N. The third-order valence-corrected chi connectivity index (χ3v) is 5.72. The van der Waals surface area contributed by atoms with E-state index in [9.17, 15) is 0 Å². The molecule has 0 spiro atoms. The molecule has 5 rings (SSSR count). The number of aryl methyl sites for hydroxylation is 2. The van der Waals surface area contributed by atoms with Gasteiger partial charge in [-0.05, 0) is 84.5 Å². The van der Waals surface area contributed by atoms with E-state index in [0.29, 0.717) is 0 Å². The van der Waals surface area contributed by atoms with Gasteiger partial charge in [0.15, 0.2) is 0 Å². The number of anilines is 3. The van der Waals surface area contributed by atoms with Gasteiger partial charge in [-0.25, -0.2) is 0 Å². The van der Waals surface area contributed by atoms with Crippen molar-refractivity contribution in [2.45, 2.75) is 20.3 Å². The summed E-state index contributed by atoms with van der Waals surface area (Å²) >= 11 is 0. The number of para-hydroxylation sites is 1. The zero-order valence-corrected chi connectivity index (χ0v) is 16.3. The number of fused-ring (bicyclic) bond motifs is 3. The Hall–Kier alpha value is -3.32. The van der Waals surface area contributed by atoms with Gasteiger partial charge in [-0.3, -0.25) is 0 Å². The number of nitrogens with zero attached hydrogens (tertiary/aromatic N) is 1. The predicted molar refractivity (Wildman–Crippen MR) is 119 cm³/mol. The van der Waals surface area contributed by atoms with Crippen LogP contribution < -0.4 is 4.90 Å². The fraction of sp³-hybridized carbons (Fsp3) is 0.111. The molecule has 0 saturated heterocycles. The first-order valence-electron chi connectivity index (χ1n) is 9.84. The zero-order chi connectivity index (χ0) is 19.1. The maximum Gasteiger partial charge on any atom is 0.0464 e. The van der Waals surface area contributed by atoms with Gasteiger partial charge in [-0.15, -0.1) is 0 Å². The summed E-state index contributed by atoms with van der Waals surface area (Å²) in [6, 6.07) is 32.9. The third kappa shape index (κ3) is 2.80. The first-order valence-corrected chi connectivity index (χ1v) is 9.84. The second-order valence-electron chi connectivity index (χ2n) is 7.63. The molecule has 0 heterocycles. The van der Waals surface area contributed by atoms with Crippen molar-refractivity contribution in [3.63, 3.8) is 0 Å². The SMILES string of the molecule is Cc1ccc(N(c2ccccc2)c2ccc3c(c2)Cc2c(C)cccc2-3)cc1. The lowest BCUT2D eigenvalue weighted by molar-refractivity contribution is 1.20. The van der Waals surface area contributed by atoms with E-state index in [-0.39, 0.29) is 0 Å². The summed E-state index contributed by atoms with van der Waals surface area (Å²) in [5.41, 5.74) is 11.9. The van der Waals surface area contributed by atoms with E-state index in [1.54, 1.807) is 0 Å². The Bertz CT molecular complexity index is 1140. The minimum atomic E-state index is 1.02. The molecule has 1 aliphatic carbocycles. The van der Waals surface area contributed by atoms with E-state index in [1.165, 1.54) is 50.4 Å². The number of hydrogen-bond donors (Lipinski definition) is 0. The van der Waals surface area contributed by atoms with E-state index in [0.717, 1.165) is 6.42 Å². The topological polar surface area (TPSA) is 3.24 Å². The smallest absolute Gasteiger partial charge is 0.0464 e. The Morgan fingerprint density at radius 3 is 2.11 bits per heavy atom. The van der Waals surface area contributed by atoms with Gasteiger partial charge in [0.2, 0.25) is 0 Å². The van der Waals surface area contributed by atoms with Crippen molar-refractivity contribution in [3.8, 4) is 11.1 Å². The Kier molecular flexibility index (Phi) is 4.02. The van der Waals surface area contributed by atoms with E-state index in [4.69, 9.17) is 0 Å². The molecule has 1 nitrogen and oxygen atoms in total. The monoisotopic (exact) mass is 361 g/mol. The first kappa shape index (κ1) is 16.8. The minimum absolute atomic E-state index is 1.02. The molecule has 0 N–H and O–H groups in total. The lowest BCUT2D eigenvalue weighted by Gasteiger charge is -2.26. The second-order valence-corrected chi connectivity index (χ2v) is 7.63. The molecule has 28 heavy (non-hydrogen) atoms. The lowest BCUT2D eigenvalue weighted by Crippen LogP contribution is -2.10. The molecule has 136 valence electrons. The highest BCUT2D eigenvalue weighted by molar-refractivity contribution is 5.83. The van der Waals surface area contributed by atoms with Crippen LogP contribution in [-0.2, 0) is 6.42 Å². The quantitative estimate of drug-likeness (QED) is 0.325. The Balaban J connectivity index is 1.63. The Morgan fingerprint density at radius 1 is 0.607 bits per heavy atom. The molecule has 0 unspecified atom stereocenters. The number of rotatable bonds is 3. The summed E-state index contributed by atoms with van der Waals surface area (Å²) in [4.78, 5) is 2.34. The fourth-order valence-corrected chi connectivity index (χ4v) is 4.23. The summed E-state index contributed by atoms with van der Waals surface area (Å²) in [5.74, 6) is 0. The highest BCUT2D eigenvalue weighted by Gasteiger charge is 2.21. The van der Waals surface area contributed by atoms with Gasteiger partial charge in [-0.1, -0.05) is 60.2 Å². The van der Waals surface area contributed by atoms with E-state index in [1.807, 2.05) is 0 Å². The average Bonchev–Trinajstić information content (AvgIpc) is 3.10. The summed E-state index contributed by atoms with van der Waals surface area (Å²) in [7, 11) is 0. The van der Waals surface area contributed by atoms with Crippen molar-refractivity contribution >= 4 is 17.1 Å². The van der Waals surface area contributed by atoms with Crippen molar-refractivity contribution in [2.75, 3.05) is 4.90 Å². The van der Waals surface area contributed by atoms with Gasteiger partial charge in [0, 0.05) is 17.1 Å². The molecule has 0 saturated carbocycles. The Morgan fingerprint density at radius 2 is 1.32 bits per heavy atom. The van der Waals surface area contributed by atoms with E-state index >= 15 is 0 Å². The van der Waals surface area contributed by atoms with Gasteiger partial charge in [0.1, 0.15) is 0 Å². The van der Waals surface area contributed by atoms with Crippen LogP contribution in [0.25, 0.3) is 11.1 Å². The third-order valence-electron chi connectivity index (χ3n) is 5.72. The molecule has 0 bridgehead atoms. The molecule has 0 aliphatic heterocycles. The minimum Gasteiger partial charge on any atom is -0.310 e. The Labute approximate surface area is 166 Å². The number of hydrogen-bond acceptors (Lipinski definition) is 1. The molecule has 0 fully saturated rings. The maximum atomic E-state index is 2.36. The van der Waals surface area contributed by atoms with Crippen LogP contribution in [-0.4, -0.2) is 0 Å². The van der Waals surface area contributed by atoms with Crippen molar-refractivity contribution < 1.29 is 0 Å². The van der Waals surface area contributed by atoms with Crippen LogP contribution in [0, 0.1) is 13.8 Å². The molecule has 1 heteroatoms. The van der Waals surface area contributed by atoms with Crippen LogP contribution in [0.4, 0.5) is 17.1 Å². The van der Waals surface area contributed by atoms with Gasteiger partial charge in [-0.2, -0.15) is 0 Å². The summed E-state index contributed by atoms with van der Waals surface area (Å²) in [6.45, 7) is 4.35. The molecule has 0 aromatic heterocycles. The molecule has 4 aromatic rings. The first-order chi connectivity index (χ1) is 13.7. The van der Waals surface area contributed by atoms with Crippen LogP contribution in [0.2, 0.25) is 0 Å². The van der Waals surface area contributed by atoms with Crippen LogP contribution in [0.15, 0.2) is 91.0 Å². The van der Waals surface area contributed by atoms with Crippen molar-refractivity contribution in [3.05, 3.63) is 113 Å². The summed E-state index contributed by atoms with van der Waals surface area (Å²) in [6.07, 6.45) is 1.02. The van der Waals surface area contributed by atoms with Crippen LogP contribution >= 0.6 is 0 Å². The zero-order valence-electron chi connectivity index (χ0n) is 16.3. The van der Waals surface area contributed by atoms with Crippen molar-refractivity contribution in [1.82, 2.24) is 0 Å². The largest absolute Gasteiger partial charge is 0.310 e. The molecular weight excluding hydrogens is 338 g/mol. The molecule has 4 aromatic carbocycles. The second kappa shape index (κ2) is 6.69. The number of benzene rings is 4. The lowest BCUT2D eigenvalue weighted by atomic mass is 10.0. The molecule has 1 aliphatic rings. The average molecular weight is 361 g/mol. The normalized spacial score (nSPS) is 11.8. The van der Waals surface area contributed by atoms with Crippen LogP contribution in [0.1, 0.15) is 22.3 Å². The van der Waals surface area contributed by atoms with Crippen molar-refractivity contribution in [1.29, 1.82) is 0 Å².